The van der Waals surface area contributed by atoms with Gasteiger partial charge >= 0.3 is 0 Å². The smallest absolute Gasteiger partial charge is 0.225 e. The number of fused-ring (bicyclic) bond motifs is 1. The number of hydrogen-bond donors (Lipinski definition) is 0. The molecule has 0 bridgehead atoms. The number of anilines is 1. The van der Waals surface area contributed by atoms with E-state index in [1.807, 2.05) is 30.0 Å². The fraction of sp³-hybridized carbons (Fsp3) is 0.667. The van der Waals surface area contributed by atoms with Gasteiger partial charge in [0.05, 0.1) is 18.2 Å². The topological polar surface area (TPSA) is 58.6 Å². The predicted molar refractivity (Wildman–Crippen MR) is 79.1 cm³/mol. The van der Waals surface area contributed by atoms with Gasteiger partial charge in [-0.3, -0.25) is 4.79 Å². The van der Waals surface area contributed by atoms with Gasteiger partial charge in [-0.1, -0.05) is 0 Å². The van der Waals surface area contributed by atoms with Gasteiger partial charge in [-0.05, 0) is 24.5 Å². The Labute approximate surface area is 125 Å². The molecule has 1 aromatic heterocycles. The molecule has 3 rings (SSSR count). The third-order valence-corrected chi connectivity index (χ3v) is 4.16. The molecule has 0 aromatic carbocycles. The summed E-state index contributed by atoms with van der Waals surface area (Å²) in [5.41, 5.74) is 2.13. The van der Waals surface area contributed by atoms with E-state index in [2.05, 4.69) is 10.2 Å². The first-order chi connectivity index (χ1) is 10.1. The van der Waals surface area contributed by atoms with Gasteiger partial charge in [0.25, 0.3) is 0 Å². The summed E-state index contributed by atoms with van der Waals surface area (Å²) in [7, 11) is 3.89. The van der Waals surface area contributed by atoms with E-state index in [0.29, 0.717) is 13.0 Å². The van der Waals surface area contributed by atoms with Crippen LogP contribution in [0.5, 0.6) is 0 Å². The molecule has 1 fully saturated rings. The number of nitrogens with zero attached hydrogens (tertiary/aromatic N) is 4. The van der Waals surface area contributed by atoms with Gasteiger partial charge < -0.3 is 14.5 Å². The van der Waals surface area contributed by atoms with Crippen molar-refractivity contribution in [3.05, 3.63) is 17.3 Å². The largest absolute Gasteiger partial charge is 0.378 e. The second-order valence-electron chi connectivity index (χ2n) is 5.97. The third-order valence-electron chi connectivity index (χ3n) is 4.16. The van der Waals surface area contributed by atoms with Crippen LogP contribution < -0.4 is 4.90 Å². The molecule has 0 N–H and O–H groups in total. The normalized spacial score (nSPS) is 21.2. The number of carbonyl (C=O) groups is 1. The highest BCUT2D eigenvalue weighted by Gasteiger charge is 2.26. The van der Waals surface area contributed by atoms with Crippen LogP contribution in [0, 0.1) is 0 Å². The first-order valence-electron chi connectivity index (χ1n) is 7.55. The van der Waals surface area contributed by atoms with E-state index in [4.69, 9.17) is 4.74 Å². The van der Waals surface area contributed by atoms with Crippen molar-refractivity contribution in [2.24, 2.45) is 0 Å². The van der Waals surface area contributed by atoms with Crippen molar-refractivity contribution < 1.29 is 9.53 Å². The van der Waals surface area contributed by atoms with E-state index in [0.717, 1.165) is 49.5 Å². The minimum atomic E-state index is 0.117. The molecule has 0 saturated carbocycles. The highest BCUT2D eigenvalue weighted by molar-refractivity contribution is 5.77. The van der Waals surface area contributed by atoms with E-state index in [1.165, 1.54) is 0 Å². The monoisotopic (exact) mass is 290 g/mol. The molecular weight excluding hydrogens is 268 g/mol. The van der Waals surface area contributed by atoms with Gasteiger partial charge in [0.1, 0.15) is 0 Å². The van der Waals surface area contributed by atoms with E-state index >= 15 is 0 Å². The summed E-state index contributed by atoms with van der Waals surface area (Å²) < 4.78 is 5.56. The molecule has 2 aliphatic rings. The van der Waals surface area contributed by atoms with E-state index in [1.54, 1.807) is 0 Å². The number of ether oxygens (including phenoxy) is 1. The highest BCUT2D eigenvalue weighted by Crippen LogP contribution is 2.22. The van der Waals surface area contributed by atoms with Crippen LogP contribution in [0.25, 0.3) is 0 Å². The number of hydrogen-bond acceptors (Lipinski definition) is 5. The Kier molecular flexibility index (Phi) is 4.05. The standard InChI is InChI=1S/C15H22N4O2/c1-18(2)14-8-11-10-19(6-5-13(11)16-17-14)15(20)9-12-4-3-7-21-12/h8,12H,3-7,9-10H2,1-2H3/t12-/m1/s1. The number of rotatable bonds is 3. The Morgan fingerprint density at radius 2 is 2.33 bits per heavy atom. The molecular formula is C15H22N4O2. The summed E-state index contributed by atoms with van der Waals surface area (Å²) in [5.74, 6) is 1.03. The maximum absolute atomic E-state index is 12.4. The summed E-state index contributed by atoms with van der Waals surface area (Å²) >= 11 is 0. The Balaban J connectivity index is 1.67. The van der Waals surface area contributed by atoms with E-state index < -0.39 is 0 Å². The zero-order valence-electron chi connectivity index (χ0n) is 12.7. The molecule has 0 spiro atoms. The second kappa shape index (κ2) is 5.97. The quantitative estimate of drug-likeness (QED) is 0.831. The molecule has 1 saturated heterocycles. The molecule has 21 heavy (non-hydrogen) atoms. The molecule has 0 radical (unpaired) electrons. The molecule has 3 heterocycles. The number of aromatic nitrogens is 2. The van der Waals surface area contributed by atoms with Crippen LogP contribution in [-0.2, 0) is 22.5 Å². The van der Waals surface area contributed by atoms with Crippen LogP contribution in [0.2, 0.25) is 0 Å². The summed E-state index contributed by atoms with van der Waals surface area (Å²) in [6, 6.07) is 2.04. The van der Waals surface area contributed by atoms with Gasteiger partial charge in [-0.25, -0.2) is 0 Å². The zero-order valence-corrected chi connectivity index (χ0v) is 12.7. The highest BCUT2D eigenvalue weighted by atomic mass is 16.5. The van der Waals surface area contributed by atoms with Crippen molar-refractivity contribution in [2.45, 2.75) is 38.3 Å². The molecule has 1 amide bonds. The molecule has 6 heteroatoms. The summed E-state index contributed by atoms with van der Waals surface area (Å²) in [5, 5.41) is 8.48. The van der Waals surface area contributed by atoms with Gasteiger partial charge in [-0.15, -0.1) is 5.10 Å². The van der Waals surface area contributed by atoms with E-state index in [-0.39, 0.29) is 12.0 Å². The van der Waals surface area contributed by atoms with Crippen LogP contribution in [0.4, 0.5) is 5.82 Å². The maximum Gasteiger partial charge on any atom is 0.225 e. The lowest BCUT2D eigenvalue weighted by Gasteiger charge is -2.29. The van der Waals surface area contributed by atoms with Crippen LogP contribution >= 0.6 is 0 Å². The van der Waals surface area contributed by atoms with Crippen molar-refractivity contribution >= 4 is 11.7 Å². The molecule has 0 unspecified atom stereocenters. The van der Waals surface area contributed by atoms with Crippen molar-refractivity contribution in [1.82, 2.24) is 15.1 Å². The Morgan fingerprint density at radius 3 is 3.05 bits per heavy atom. The predicted octanol–water partition coefficient (Wildman–Crippen LogP) is 0.996. The molecule has 0 aliphatic carbocycles. The van der Waals surface area contributed by atoms with E-state index in [9.17, 15) is 4.79 Å². The van der Waals surface area contributed by atoms with Crippen LogP contribution in [0.15, 0.2) is 6.07 Å². The zero-order chi connectivity index (χ0) is 14.8. The Bertz CT molecular complexity index is 526. The van der Waals surface area contributed by atoms with Crippen molar-refractivity contribution in [3.63, 3.8) is 0 Å². The Hall–Kier alpha value is -1.69. The maximum atomic E-state index is 12.4. The lowest BCUT2D eigenvalue weighted by molar-refractivity contribution is -0.134. The summed E-state index contributed by atoms with van der Waals surface area (Å²) in [6.45, 7) is 2.16. The average molecular weight is 290 g/mol. The summed E-state index contributed by atoms with van der Waals surface area (Å²) in [4.78, 5) is 16.2. The molecule has 114 valence electrons. The second-order valence-corrected chi connectivity index (χ2v) is 5.97. The fourth-order valence-electron chi connectivity index (χ4n) is 2.88. The first kappa shape index (κ1) is 14.3. The van der Waals surface area contributed by atoms with Crippen molar-refractivity contribution in [2.75, 3.05) is 32.1 Å². The van der Waals surface area contributed by atoms with Gasteiger partial charge in [0, 0.05) is 40.2 Å². The molecule has 1 aromatic rings. The van der Waals surface area contributed by atoms with Gasteiger partial charge in [0.2, 0.25) is 5.91 Å². The van der Waals surface area contributed by atoms with Crippen molar-refractivity contribution in [1.29, 1.82) is 0 Å². The minimum Gasteiger partial charge on any atom is -0.378 e. The SMILES string of the molecule is CN(C)c1cc2c(nn1)CCN(C(=O)C[C@H]1CCCO1)C2. The van der Waals surface area contributed by atoms with Crippen LogP contribution in [-0.4, -0.2) is 54.4 Å². The third kappa shape index (κ3) is 3.15. The van der Waals surface area contributed by atoms with Crippen LogP contribution in [0.1, 0.15) is 30.5 Å². The fourth-order valence-corrected chi connectivity index (χ4v) is 2.88. The van der Waals surface area contributed by atoms with Crippen molar-refractivity contribution in [3.8, 4) is 0 Å². The summed E-state index contributed by atoms with van der Waals surface area (Å²) in [6.07, 6.45) is 3.49. The van der Waals surface area contributed by atoms with Gasteiger partial charge in [-0.2, -0.15) is 5.10 Å². The lowest BCUT2D eigenvalue weighted by Crippen LogP contribution is -2.38. The lowest BCUT2D eigenvalue weighted by atomic mass is 10.0. The molecule has 1 atom stereocenters. The minimum absolute atomic E-state index is 0.117. The van der Waals surface area contributed by atoms with Gasteiger partial charge in [0.15, 0.2) is 5.82 Å². The molecule has 2 aliphatic heterocycles. The first-order valence-corrected chi connectivity index (χ1v) is 7.55. The Morgan fingerprint density at radius 1 is 1.48 bits per heavy atom. The number of carbonyl (C=O) groups excluding carboxylic acids is 1. The van der Waals surface area contributed by atoms with Crippen LogP contribution in [0.3, 0.4) is 0 Å². The number of amides is 1. The molecule has 6 nitrogen and oxygen atoms in total. The average Bonchev–Trinajstić information content (AvgIpc) is 2.98.